The molecule has 1 amide bonds. The molecule has 3 N–H and O–H groups in total. The van der Waals surface area contributed by atoms with Gasteiger partial charge in [0.1, 0.15) is 23.2 Å². The molecule has 36 heavy (non-hydrogen) atoms. The summed E-state index contributed by atoms with van der Waals surface area (Å²) in [5.74, 6) is 0.254. The second-order valence-corrected chi connectivity index (χ2v) is 8.47. The van der Waals surface area contributed by atoms with Crippen molar-refractivity contribution in [1.29, 1.82) is 0 Å². The van der Waals surface area contributed by atoms with Crippen LogP contribution in [0.1, 0.15) is 10.4 Å². The molecule has 0 atom stereocenters. The maximum atomic E-state index is 14.3. The van der Waals surface area contributed by atoms with Gasteiger partial charge >= 0.3 is 0 Å². The van der Waals surface area contributed by atoms with E-state index in [-0.39, 0.29) is 34.6 Å². The molecular weight excluding hydrogens is 491 g/mol. The minimum atomic E-state index is -0.602. The van der Waals surface area contributed by atoms with Gasteiger partial charge in [0, 0.05) is 30.9 Å². The van der Waals surface area contributed by atoms with Gasteiger partial charge in [-0.2, -0.15) is 4.98 Å². The summed E-state index contributed by atoms with van der Waals surface area (Å²) in [7, 11) is 1.59. The summed E-state index contributed by atoms with van der Waals surface area (Å²) < 4.78 is 31.0. The summed E-state index contributed by atoms with van der Waals surface area (Å²) in [5.41, 5.74) is 1.99. The van der Waals surface area contributed by atoms with Crippen molar-refractivity contribution in [2.45, 2.75) is 0 Å². The van der Waals surface area contributed by atoms with Crippen molar-refractivity contribution in [2.24, 2.45) is 0 Å². The smallest absolute Gasteiger partial charge is 0.255 e. The fourth-order valence-electron chi connectivity index (χ4n) is 3.99. The Hall–Kier alpha value is -3.83. The lowest BCUT2D eigenvalue weighted by Gasteiger charge is -2.29. The molecule has 0 radical (unpaired) electrons. The number of anilines is 5. The molecule has 10 nitrogen and oxygen atoms in total. The lowest BCUT2D eigenvalue weighted by molar-refractivity contribution is 0.0956. The zero-order valence-electron chi connectivity index (χ0n) is 19.4. The molecule has 3 heterocycles. The number of amides is 1. The van der Waals surface area contributed by atoms with E-state index in [1.54, 1.807) is 7.11 Å². The molecule has 0 saturated carbocycles. The Morgan fingerprint density at radius 3 is 2.78 bits per heavy atom. The molecule has 12 heteroatoms. The van der Waals surface area contributed by atoms with E-state index in [0.717, 1.165) is 24.8 Å². The molecule has 2 aromatic carbocycles. The number of hydrogen-bond donors (Lipinski definition) is 3. The summed E-state index contributed by atoms with van der Waals surface area (Å²) >= 11 is 6.36. The number of nitrogens with one attached hydrogen (secondary N) is 3. The summed E-state index contributed by atoms with van der Waals surface area (Å²) in [5, 5.41) is 9.05. The topological polar surface area (TPSA) is 110 Å². The van der Waals surface area contributed by atoms with Gasteiger partial charge in [-0.15, -0.1) is 0 Å². The minimum Gasteiger partial charge on any atom is -0.494 e. The molecule has 1 saturated heterocycles. The highest BCUT2D eigenvalue weighted by Crippen LogP contribution is 2.36. The van der Waals surface area contributed by atoms with E-state index < -0.39 is 11.7 Å². The number of carbonyl (C=O) groups excluding carboxylic acids is 1. The van der Waals surface area contributed by atoms with Gasteiger partial charge in [0.25, 0.3) is 5.91 Å². The summed E-state index contributed by atoms with van der Waals surface area (Å²) in [6, 6.07) is 8.15. The van der Waals surface area contributed by atoms with Gasteiger partial charge in [-0.3, -0.25) is 4.79 Å². The van der Waals surface area contributed by atoms with Crippen LogP contribution in [-0.2, 0) is 4.74 Å². The monoisotopic (exact) mass is 514 g/mol. The van der Waals surface area contributed by atoms with Crippen molar-refractivity contribution in [3.05, 3.63) is 52.9 Å². The second-order valence-electron chi connectivity index (χ2n) is 8.06. The number of morpholine rings is 1. The quantitative estimate of drug-likeness (QED) is 0.453. The number of ether oxygens (including phenoxy) is 3. The number of carbonyl (C=O) groups is 1. The van der Waals surface area contributed by atoms with Crippen molar-refractivity contribution >= 4 is 46.3 Å². The highest BCUT2D eigenvalue weighted by molar-refractivity contribution is 6.33. The van der Waals surface area contributed by atoms with Gasteiger partial charge in [-0.1, -0.05) is 11.6 Å². The van der Waals surface area contributed by atoms with E-state index in [0.29, 0.717) is 37.0 Å². The summed E-state index contributed by atoms with van der Waals surface area (Å²) in [4.78, 5) is 23.1. The van der Waals surface area contributed by atoms with Crippen molar-refractivity contribution in [3.8, 4) is 11.5 Å². The first-order valence-electron chi connectivity index (χ1n) is 11.3. The van der Waals surface area contributed by atoms with Gasteiger partial charge in [-0.25, -0.2) is 9.37 Å². The number of nitrogens with zero attached hydrogens (tertiary/aromatic N) is 3. The van der Waals surface area contributed by atoms with Gasteiger partial charge in [0.15, 0.2) is 11.6 Å². The van der Waals surface area contributed by atoms with Gasteiger partial charge < -0.3 is 35.1 Å². The van der Waals surface area contributed by atoms with Crippen molar-refractivity contribution in [2.75, 3.05) is 62.1 Å². The van der Waals surface area contributed by atoms with Gasteiger partial charge in [0.05, 0.1) is 50.0 Å². The zero-order chi connectivity index (χ0) is 25.1. The first-order chi connectivity index (χ1) is 17.5. The number of rotatable bonds is 6. The third-order valence-corrected chi connectivity index (χ3v) is 6.01. The maximum absolute atomic E-state index is 14.3. The Morgan fingerprint density at radius 2 is 1.97 bits per heavy atom. The van der Waals surface area contributed by atoms with E-state index in [9.17, 15) is 9.18 Å². The highest BCUT2D eigenvalue weighted by atomic mass is 35.5. The number of methoxy groups -OCH3 is 1. The average molecular weight is 515 g/mol. The van der Waals surface area contributed by atoms with Crippen LogP contribution in [0.5, 0.6) is 11.5 Å². The molecule has 2 aliphatic rings. The molecule has 1 aromatic heterocycles. The number of halogens is 2. The third kappa shape index (κ3) is 5.07. The fourth-order valence-corrected chi connectivity index (χ4v) is 4.13. The molecule has 2 aliphatic heterocycles. The van der Waals surface area contributed by atoms with E-state index >= 15 is 0 Å². The van der Waals surface area contributed by atoms with Crippen LogP contribution in [-0.4, -0.2) is 62.4 Å². The molecule has 0 unspecified atom stereocenters. The van der Waals surface area contributed by atoms with Crippen LogP contribution in [0.3, 0.4) is 0 Å². The minimum absolute atomic E-state index is 0.0902. The van der Waals surface area contributed by atoms with Crippen molar-refractivity contribution < 1.29 is 23.4 Å². The maximum Gasteiger partial charge on any atom is 0.255 e. The van der Waals surface area contributed by atoms with E-state index in [1.807, 2.05) is 18.2 Å². The normalized spacial score (nSPS) is 15.3. The molecular formula is C24H24ClFN6O4. The number of aromatic nitrogens is 2. The highest BCUT2D eigenvalue weighted by Gasteiger charge is 2.22. The molecule has 0 bridgehead atoms. The third-order valence-electron chi connectivity index (χ3n) is 5.74. The van der Waals surface area contributed by atoms with Crippen molar-refractivity contribution in [1.82, 2.24) is 15.3 Å². The number of hydrogen-bond acceptors (Lipinski definition) is 9. The molecule has 0 spiro atoms. The van der Waals surface area contributed by atoms with Gasteiger partial charge in [0.2, 0.25) is 5.95 Å². The lowest BCUT2D eigenvalue weighted by atomic mass is 10.1. The van der Waals surface area contributed by atoms with Crippen molar-refractivity contribution in [3.63, 3.8) is 0 Å². The Balaban J connectivity index is 1.41. The van der Waals surface area contributed by atoms with Crippen LogP contribution < -0.4 is 30.3 Å². The summed E-state index contributed by atoms with van der Waals surface area (Å²) in [6.45, 7) is 3.52. The number of fused-ring (bicyclic) bond motifs is 1. The Bertz CT molecular complexity index is 1290. The average Bonchev–Trinajstić information content (AvgIpc) is 3.08. The predicted molar refractivity (Wildman–Crippen MR) is 134 cm³/mol. The standard InChI is InChI=1S/C24H24ClFN6O4/c1-34-20-12-15(32-5-8-35-9-6-32)2-3-18(20)29-22-17(25)13-28-24(31-22)30-19-11-14(26)10-16-21(19)36-7-4-27-23(16)33/h2-3,10-13H,4-9H2,1H3,(H,27,33)(H2,28,29,30,31). The Kier molecular flexibility index (Phi) is 6.92. The Morgan fingerprint density at radius 1 is 1.14 bits per heavy atom. The first kappa shape index (κ1) is 23.9. The molecule has 3 aromatic rings. The van der Waals surface area contributed by atoms with E-state index in [4.69, 9.17) is 25.8 Å². The SMILES string of the molecule is COc1cc(N2CCOCC2)ccc1Nc1nc(Nc2cc(F)cc3c2OCCNC3=O)ncc1Cl. The number of benzene rings is 2. The van der Waals surface area contributed by atoms with E-state index in [1.165, 1.54) is 12.3 Å². The van der Waals surface area contributed by atoms with Crippen LogP contribution in [0.2, 0.25) is 5.02 Å². The van der Waals surface area contributed by atoms with E-state index in [2.05, 4.69) is 30.8 Å². The molecule has 188 valence electrons. The molecule has 1 fully saturated rings. The lowest BCUT2D eigenvalue weighted by Crippen LogP contribution is -2.36. The second kappa shape index (κ2) is 10.4. The predicted octanol–water partition coefficient (Wildman–Crippen LogP) is 3.72. The molecule has 0 aliphatic carbocycles. The van der Waals surface area contributed by atoms with Crippen LogP contribution in [0.25, 0.3) is 0 Å². The fraction of sp³-hybridized carbons (Fsp3) is 0.292. The molecule has 5 rings (SSSR count). The summed E-state index contributed by atoms with van der Waals surface area (Å²) in [6.07, 6.45) is 1.42. The van der Waals surface area contributed by atoms with Crippen LogP contribution >= 0.6 is 11.6 Å². The van der Waals surface area contributed by atoms with Crippen LogP contribution in [0.4, 0.5) is 33.2 Å². The zero-order valence-corrected chi connectivity index (χ0v) is 20.2. The van der Waals surface area contributed by atoms with Crippen LogP contribution in [0.15, 0.2) is 36.5 Å². The van der Waals surface area contributed by atoms with Crippen LogP contribution in [0, 0.1) is 5.82 Å². The largest absolute Gasteiger partial charge is 0.494 e. The van der Waals surface area contributed by atoms with Gasteiger partial charge in [-0.05, 0) is 18.2 Å². The first-order valence-corrected chi connectivity index (χ1v) is 11.7. The Labute approximate surface area is 211 Å².